The van der Waals surface area contributed by atoms with Gasteiger partial charge in [0, 0.05) is 6.42 Å². The number of aliphatic hydroxyl groups is 1. The molecule has 7 nitrogen and oxygen atoms in total. The summed E-state index contributed by atoms with van der Waals surface area (Å²) in [7, 11) is -4.03. The summed E-state index contributed by atoms with van der Waals surface area (Å²) in [6.45, 7) is 0.650. The molecular weight excluding hydrogens is 528 g/mol. The first-order valence-corrected chi connectivity index (χ1v) is 14.3. The smallest absolute Gasteiger partial charge is 0.297 e. The quantitative estimate of drug-likeness (QED) is 0.164. The number of hydrogen-bond donors (Lipinski definition) is 1. The molecule has 2 atom stereocenters. The minimum Gasteiger partial charge on any atom is -0.392 e. The summed E-state index contributed by atoms with van der Waals surface area (Å²) in [5.41, 5.74) is 2.82. The Bertz CT molecular complexity index is 1330. The number of ether oxygens (including phenoxy) is 2. The van der Waals surface area contributed by atoms with Crippen LogP contribution in [0.3, 0.4) is 0 Å². The van der Waals surface area contributed by atoms with E-state index in [1.165, 1.54) is 12.1 Å². The fraction of sp³-hybridized carbons (Fsp3) is 0.219. The third-order valence-electron chi connectivity index (χ3n) is 5.69. The van der Waals surface area contributed by atoms with Crippen molar-refractivity contribution < 1.29 is 32.0 Å². The summed E-state index contributed by atoms with van der Waals surface area (Å²) in [4.78, 5) is 11.7. The van der Waals surface area contributed by atoms with E-state index >= 15 is 0 Å². The summed E-state index contributed by atoms with van der Waals surface area (Å²) >= 11 is 0. The number of aldehydes is 1. The molecule has 4 aromatic rings. The molecule has 0 aliphatic heterocycles. The standard InChI is InChI=1S/C25H26O6S.C7H8O/c26-17-23(30-19-22-12-6-2-7-13-22)16-24(20-29-18-21-10-4-1-5-11-21)31-32(27,28)25-14-8-3-9-15-25;8-6-7-4-2-1-3-5-7/h1-15,17,23-24H,16,18-20H2;1-5,8H,6H2/t23-,24+;/m0./s1. The van der Waals surface area contributed by atoms with Gasteiger partial charge < -0.3 is 19.4 Å². The van der Waals surface area contributed by atoms with Crippen LogP contribution in [0, 0.1) is 0 Å². The van der Waals surface area contributed by atoms with E-state index in [2.05, 4.69) is 0 Å². The number of rotatable bonds is 14. The average molecular weight is 563 g/mol. The maximum atomic E-state index is 12.7. The topological polar surface area (TPSA) is 99.1 Å². The highest BCUT2D eigenvalue weighted by atomic mass is 32.2. The SMILES string of the molecule is O=C[C@H](C[C@H](COCc1ccccc1)OS(=O)(=O)c1ccccc1)OCc1ccccc1.OCc1ccccc1. The van der Waals surface area contributed by atoms with Crippen LogP contribution in [0.5, 0.6) is 0 Å². The van der Waals surface area contributed by atoms with E-state index < -0.39 is 22.3 Å². The van der Waals surface area contributed by atoms with Crippen LogP contribution in [-0.2, 0) is 48.4 Å². The van der Waals surface area contributed by atoms with Gasteiger partial charge in [-0.1, -0.05) is 109 Å². The summed E-state index contributed by atoms with van der Waals surface area (Å²) in [5, 5.41) is 8.54. The Morgan fingerprint density at radius 1 is 0.675 bits per heavy atom. The van der Waals surface area contributed by atoms with Gasteiger partial charge in [0.25, 0.3) is 10.1 Å². The molecule has 0 aromatic heterocycles. The summed E-state index contributed by atoms with van der Waals surface area (Å²) in [6, 6.07) is 36.3. The number of carbonyl (C=O) groups excluding carboxylic acids is 1. The van der Waals surface area contributed by atoms with Crippen molar-refractivity contribution in [3.8, 4) is 0 Å². The van der Waals surface area contributed by atoms with Crippen molar-refractivity contribution in [3.05, 3.63) is 138 Å². The zero-order valence-corrected chi connectivity index (χ0v) is 22.9. The molecule has 0 unspecified atom stereocenters. The Kier molecular flexibility index (Phi) is 13.2. The Balaban J connectivity index is 0.000000472. The molecule has 0 amide bonds. The maximum Gasteiger partial charge on any atom is 0.297 e. The number of carbonyl (C=O) groups is 1. The first-order chi connectivity index (χ1) is 19.5. The monoisotopic (exact) mass is 562 g/mol. The number of benzene rings is 4. The van der Waals surface area contributed by atoms with Crippen LogP contribution in [0.4, 0.5) is 0 Å². The first-order valence-electron chi connectivity index (χ1n) is 12.9. The molecule has 0 radical (unpaired) electrons. The molecule has 8 heteroatoms. The minimum absolute atomic E-state index is 0.0139. The van der Waals surface area contributed by atoms with E-state index in [1.54, 1.807) is 18.2 Å². The normalized spacial score (nSPS) is 12.5. The molecule has 0 saturated carbocycles. The van der Waals surface area contributed by atoms with E-state index in [0.717, 1.165) is 16.7 Å². The van der Waals surface area contributed by atoms with Crippen LogP contribution in [0.1, 0.15) is 23.1 Å². The number of hydrogen-bond acceptors (Lipinski definition) is 7. The summed E-state index contributed by atoms with van der Waals surface area (Å²) in [5.74, 6) is 0. The van der Waals surface area contributed by atoms with Gasteiger partial charge in [-0.25, -0.2) is 0 Å². The van der Waals surface area contributed by atoms with Crippen molar-refractivity contribution in [2.75, 3.05) is 6.61 Å². The lowest BCUT2D eigenvalue weighted by atomic mass is 10.1. The van der Waals surface area contributed by atoms with Crippen LogP contribution in [0.2, 0.25) is 0 Å². The van der Waals surface area contributed by atoms with Crippen molar-refractivity contribution >= 4 is 16.4 Å². The van der Waals surface area contributed by atoms with Gasteiger partial charge in [0.05, 0.1) is 31.3 Å². The molecule has 4 aromatic carbocycles. The Labute approximate surface area is 236 Å². The predicted octanol–water partition coefficient (Wildman–Crippen LogP) is 5.33. The Hall–Kier alpha value is -3.66. The fourth-order valence-electron chi connectivity index (χ4n) is 3.62. The lowest BCUT2D eigenvalue weighted by Gasteiger charge is -2.21. The van der Waals surface area contributed by atoms with Gasteiger partial charge in [0.1, 0.15) is 18.5 Å². The van der Waals surface area contributed by atoms with Gasteiger partial charge in [-0.3, -0.25) is 4.18 Å². The van der Waals surface area contributed by atoms with Crippen LogP contribution >= 0.6 is 0 Å². The summed E-state index contributed by atoms with van der Waals surface area (Å²) in [6.07, 6.45) is -1.04. The van der Waals surface area contributed by atoms with Crippen LogP contribution < -0.4 is 0 Å². The second-order valence-corrected chi connectivity index (χ2v) is 10.4. The van der Waals surface area contributed by atoms with Crippen LogP contribution in [-0.4, -0.2) is 38.6 Å². The molecular formula is C32H34O7S. The zero-order chi connectivity index (χ0) is 28.5. The van der Waals surface area contributed by atoms with Crippen molar-refractivity contribution in [3.63, 3.8) is 0 Å². The molecule has 1 N–H and O–H groups in total. The molecule has 0 heterocycles. The van der Waals surface area contributed by atoms with E-state index in [-0.39, 0.29) is 31.1 Å². The van der Waals surface area contributed by atoms with Gasteiger partial charge in [-0.05, 0) is 28.8 Å². The van der Waals surface area contributed by atoms with E-state index in [0.29, 0.717) is 12.9 Å². The fourth-order valence-corrected chi connectivity index (χ4v) is 4.72. The molecule has 0 fully saturated rings. The molecule has 0 aliphatic carbocycles. The van der Waals surface area contributed by atoms with Gasteiger partial charge in [-0.15, -0.1) is 0 Å². The largest absolute Gasteiger partial charge is 0.392 e. The minimum atomic E-state index is -4.03. The average Bonchev–Trinajstić information content (AvgIpc) is 3.01. The highest BCUT2D eigenvalue weighted by molar-refractivity contribution is 7.86. The second-order valence-electron chi connectivity index (χ2n) is 8.84. The van der Waals surface area contributed by atoms with E-state index in [1.807, 2.05) is 91.0 Å². The highest BCUT2D eigenvalue weighted by Crippen LogP contribution is 2.18. The van der Waals surface area contributed by atoms with Crippen molar-refractivity contribution in [2.24, 2.45) is 0 Å². The van der Waals surface area contributed by atoms with Crippen molar-refractivity contribution in [1.82, 2.24) is 0 Å². The second kappa shape index (κ2) is 17.1. The van der Waals surface area contributed by atoms with Crippen molar-refractivity contribution in [2.45, 2.75) is 43.3 Å². The molecule has 40 heavy (non-hydrogen) atoms. The zero-order valence-electron chi connectivity index (χ0n) is 22.1. The molecule has 0 spiro atoms. The molecule has 0 bridgehead atoms. The van der Waals surface area contributed by atoms with Gasteiger partial charge in [0.15, 0.2) is 0 Å². The predicted molar refractivity (Wildman–Crippen MR) is 153 cm³/mol. The van der Waals surface area contributed by atoms with E-state index in [4.69, 9.17) is 18.8 Å². The lowest BCUT2D eigenvalue weighted by Crippen LogP contribution is -2.30. The van der Waals surface area contributed by atoms with Gasteiger partial charge >= 0.3 is 0 Å². The Morgan fingerprint density at radius 3 is 1.62 bits per heavy atom. The lowest BCUT2D eigenvalue weighted by molar-refractivity contribution is -0.121. The molecule has 4 rings (SSSR count). The van der Waals surface area contributed by atoms with E-state index in [9.17, 15) is 13.2 Å². The summed E-state index contributed by atoms with van der Waals surface area (Å²) < 4.78 is 42.3. The first kappa shape index (κ1) is 30.9. The third kappa shape index (κ3) is 11.2. The number of aliphatic hydroxyl groups excluding tert-OH is 1. The molecule has 210 valence electrons. The van der Waals surface area contributed by atoms with Crippen LogP contribution in [0.15, 0.2) is 126 Å². The van der Waals surface area contributed by atoms with Crippen LogP contribution in [0.25, 0.3) is 0 Å². The molecule has 0 aliphatic rings. The van der Waals surface area contributed by atoms with Gasteiger partial charge in [-0.2, -0.15) is 8.42 Å². The third-order valence-corrected chi connectivity index (χ3v) is 7.06. The maximum absolute atomic E-state index is 12.7. The molecule has 0 saturated heterocycles. The van der Waals surface area contributed by atoms with Crippen molar-refractivity contribution in [1.29, 1.82) is 0 Å². The Morgan fingerprint density at radius 2 is 1.15 bits per heavy atom. The highest BCUT2D eigenvalue weighted by Gasteiger charge is 2.25. The van der Waals surface area contributed by atoms with Gasteiger partial charge in [0.2, 0.25) is 0 Å².